The molecule has 0 radical (unpaired) electrons. The molecule has 1 atom stereocenters. The van der Waals surface area contributed by atoms with Gasteiger partial charge in [0, 0.05) is 25.7 Å². The van der Waals surface area contributed by atoms with Crippen LogP contribution in [0.25, 0.3) is 0 Å². The van der Waals surface area contributed by atoms with Crippen LogP contribution >= 0.6 is 0 Å². The number of hydrogen-bond donors (Lipinski definition) is 1. The largest absolute Gasteiger partial charge is 0.486 e. The second-order valence-corrected chi connectivity index (χ2v) is 5.69. The van der Waals surface area contributed by atoms with Crippen LogP contribution in [-0.4, -0.2) is 30.8 Å². The van der Waals surface area contributed by atoms with Gasteiger partial charge in [0.25, 0.3) is 0 Å². The monoisotopic (exact) mass is 313 g/mol. The molecule has 120 valence electrons. The van der Waals surface area contributed by atoms with E-state index in [1.807, 2.05) is 24.3 Å². The lowest BCUT2D eigenvalue weighted by Crippen LogP contribution is -2.40. The highest BCUT2D eigenvalue weighted by Gasteiger charge is 2.39. The number of amides is 1. The number of ether oxygens (including phenoxy) is 2. The quantitative estimate of drug-likeness (QED) is 0.785. The zero-order valence-electron chi connectivity index (χ0n) is 12.8. The van der Waals surface area contributed by atoms with Gasteiger partial charge in [-0.25, -0.2) is 0 Å². The molecule has 23 heavy (non-hydrogen) atoms. The van der Waals surface area contributed by atoms with E-state index < -0.39 is 5.66 Å². The molecule has 2 aliphatic heterocycles. The molecule has 0 bridgehead atoms. The summed E-state index contributed by atoms with van der Waals surface area (Å²) in [5.74, 6) is 3.99. The van der Waals surface area contributed by atoms with Gasteiger partial charge in [-0.2, -0.15) is 10.2 Å². The summed E-state index contributed by atoms with van der Waals surface area (Å²) in [5.41, 5.74) is -0.410. The van der Waals surface area contributed by atoms with Crippen molar-refractivity contribution >= 4 is 5.91 Å². The molecule has 1 N–H and O–H groups in total. The fraction of sp³-hybridized carbons (Fsp3) is 0.471. The van der Waals surface area contributed by atoms with Crippen molar-refractivity contribution in [2.24, 2.45) is 10.2 Å². The summed E-state index contributed by atoms with van der Waals surface area (Å²) in [7, 11) is 0. The Morgan fingerprint density at radius 2 is 2.13 bits per heavy atom. The Morgan fingerprint density at radius 1 is 1.35 bits per heavy atom. The van der Waals surface area contributed by atoms with Gasteiger partial charge >= 0.3 is 0 Å². The number of carbonyl (C=O) groups excluding carboxylic acids is 1. The van der Waals surface area contributed by atoms with Crippen LogP contribution in [0.1, 0.15) is 25.7 Å². The van der Waals surface area contributed by atoms with E-state index in [0.717, 1.165) is 5.75 Å². The van der Waals surface area contributed by atoms with Crippen LogP contribution in [0.4, 0.5) is 0 Å². The van der Waals surface area contributed by atoms with Crippen LogP contribution in [0.2, 0.25) is 0 Å². The van der Waals surface area contributed by atoms with Gasteiger partial charge in [0.2, 0.25) is 5.91 Å². The number of rotatable bonds is 7. The van der Waals surface area contributed by atoms with Crippen LogP contribution in [0.5, 0.6) is 11.5 Å². The van der Waals surface area contributed by atoms with E-state index in [1.54, 1.807) is 0 Å². The molecule has 0 spiro atoms. The third kappa shape index (κ3) is 4.01. The molecule has 1 unspecified atom stereocenters. The normalized spacial score (nSPS) is 19.7. The molecule has 1 aromatic carbocycles. The van der Waals surface area contributed by atoms with Gasteiger partial charge < -0.3 is 14.8 Å². The van der Waals surface area contributed by atoms with Crippen molar-refractivity contribution in [3.8, 4) is 23.8 Å². The maximum atomic E-state index is 11.9. The highest BCUT2D eigenvalue weighted by atomic mass is 16.6. The second-order valence-electron chi connectivity index (χ2n) is 5.69. The predicted octanol–water partition coefficient (Wildman–Crippen LogP) is 2.30. The van der Waals surface area contributed by atoms with Crippen LogP contribution in [-0.2, 0) is 4.79 Å². The smallest absolute Gasteiger partial charge is 0.220 e. The standard InChI is InChI=1S/C17H19N3O3/c1-2-3-9-17(19-20-17)10-8-16(21)18-11-13-12-22-14-6-4-5-7-15(14)23-13/h1,4-7,13H,3,8-12H2,(H,18,21). The Balaban J connectivity index is 1.38. The Labute approximate surface area is 135 Å². The first-order valence-corrected chi connectivity index (χ1v) is 7.73. The SMILES string of the molecule is C#CCCC1(CCC(=O)NCC2COc3ccccc3O2)N=N1. The van der Waals surface area contributed by atoms with E-state index in [4.69, 9.17) is 15.9 Å². The third-order valence-corrected chi connectivity index (χ3v) is 3.90. The van der Waals surface area contributed by atoms with E-state index in [9.17, 15) is 4.79 Å². The Kier molecular flexibility index (Phi) is 4.47. The van der Waals surface area contributed by atoms with Gasteiger partial charge in [0.15, 0.2) is 17.2 Å². The van der Waals surface area contributed by atoms with Crippen molar-refractivity contribution in [3.63, 3.8) is 0 Å². The average Bonchev–Trinajstić information content (AvgIpc) is 3.36. The van der Waals surface area contributed by atoms with Crippen molar-refractivity contribution in [2.75, 3.05) is 13.2 Å². The van der Waals surface area contributed by atoms with Crippen molar-refractivity contribution in [3.05, 3.63) is 24.3 Å². The minimum atomic E-state index is -0.410. The first-order chi connectivity index (χ1) is 11.2. The van der Waals surface area contributed by atoms with E-state index in [1.165, 1.54) is 0 Å². The molecule has 3 rings (SSSR count). The lowest BCUT2D eigenvalue weighted by molar-refractivity contribution is -0.121. The number of carbonyl (C=O) groups is 1. The zero-order chi connectivity index (χ0) is 16.1. The number of nitrogens with zero attached hydrogens (tertiary/aromatic N) is 2. The topological polar surface area (TPSA) is 72.3 Å². The summed E-state index contributed by atoms with van der Waals surface area (Å²) >= 11 is 0. The van der Waals surface area contributed by atoms with Gasteiger partial charge in [0.1, 0.15) is 12.7 Å². The first kappa shape index (κ1) is 15.3. The van der Waals surface area contributed by atoms with Crippen molar-refractivity contribution in [1.29, 1.82) is 0 Å². The summed E-state index contributed by atoms with van der Waals surface area (Å²) < 4.78 is 11.4. The van der Waals surface area contributed by atoms with Crippen molar-refractivity contribution < 1.29 is 14.3 Å². The van der Waals surface area contributed by atoms with E-state index in [2.05, 4.69) is 21.5 Å². The molecular weight excluding hydrogens is 294 g/mol. The molecular formula is C17H19N3O3. The van der Waals surface area contributed by atoms with Gasteiger partial charge in [-0.05, 0) is 12.1 Å². The van der Waals surface area contributed by atoms with Gasteiger partial charge in [-0.15, -0.1) is 12.3 Å². The van der Waals surface area contributed by atoms with E-state index in [-0.39, 0.29) is 12.0 Å². The number of nitrogens with one attached hydrogen (secondary N) is 1. The molecule has 6 nitrogen and oxygen atoms in total. The number of fused-ring (bicyclic) bond motifs is 1. The second kappa shape index (κ2) is 6.69. The molecule has 2 aliphatic rings. The fourth-order valence-corrected chi connectivity index (χ4v) is 2.46. The van der Waals surface area contributed by atoms with E-state index >= 15 is 0 Å². The average molecular weight is 313 g/mol. The summed E-state index contributed by atoms with van der Waals surface area (Å²) in [5, 5.41) is 10.9. The third-order valence-electron chi connectivity index (χ3n) is 3.90. The Morgan fingerprint density at radius 3 is 2.87 bits per heavy atom. The molecule has 0 fully saturated rings. The summed E-state index contributed by atoms with van der Waals surface area (Å²) in [6.45, 7) is 0.840. The van der Waals surface area contributed by atoms with E-state index in [0.29, 0.717) is 44.6 Å². The number of para-hydroxylation sites is 2. The van der Waals surface area contributed by atoms with Crippen LogP contribution in [0, 0.1) is 12.3 Å². The number of terminal acetylenes is 1. The van der Waals surface area contributed by atoms with Gasteiger partial charge in [-0.1, -0.05) is 12.1 Å². The van der Waals surface area contributed by atoms with Crippen LogP contribution in [0.15, 0.2) is 34.5 Å². The summed E-state index contributed by atoms with van der Waals surface area (Å²) in [4.78, 5) is 11.9. The molecule has 0 saturated carbocycles. The minimum absolute atomic E-state index is 0.0372. The highest BCUT2D eigenvalue weighted by Crippen LogP contribution is 2.37. The maximum Gasteiger partial charge on any atom is 0.220 e. The lowest BCUT2D eigenvalue weighted by Gasteiger charge is -2.26. The molecule has 0 aliphatic carbocycles. The first-order valence-electron chi connectivity index (χ1n) is 7.73. The fourth-order valence-electron chi connectivity index (χ4n) is 2.46. The lowest BCUT2D eigenvalue weighted by atomic mass is 10.0. The highest BCUT2D eigenvalue weighted by molar-refractivity contribution is 5.76. The molecule has 0 saturated heterocycles. The Bertz CT molecular complexity index is 645. The summed E-state index contributed by atoms with van der Waals surface area (Å²) in [6.07, 6.45) is 7.39. The van der Waals surface area contributed by atoms with Crippen molar-refractivity contribution in [2.45, 2.75) is 37.5 Å². The van der Waals surface area contributed by atoms with Crippen LogP contribution in [0.3, 0.4) is 0 Å². The minimum Gasteiger partial charge on any atom is -0.486 e. The Hall–Kier alpha value is -2.55. The molecule has 2 heterocycles. The molecule has 1 amide bonds. The maximum absolute atomic E-state index is 11.9. The number of hydrogen-bond acceptors (Lipinski definition) is 5. The molecule has 0 aromatic heterocycles. The molecule has 6 heteroatoms. The zero-order valence-corrected chi connectivity index (χ0v) is 12.8. The van der Waals surface area contributed by atoms with Gasteiger partial charge in [0.05, 0.1) is 6.54 Å². The summed E-state index contributed by atoms with van der Waals surface area (Å²) in [6, 6.07) is 7.51. The van der Waals surface area contributed by atoms with Crippen LogP contribution < -0.4 is 14.8 Å². The van der Waals surface area contributed by atoms with Crippen molar-refractivity contribution in [1.82, 2.24) is 5.32 Å². The number of benzene rings is 1. The predicted molar refractivity (Wildman–Crippen MR) is 84.3 cm³/mol. The van der Waals surface area contributed by atoms with Gasteiger partial charge in [-0.3, -0.25) is 4.79 Å². The molecule has 1 aromatic rings.